The molecule has 0 bridgehead atoms. The van der Waals surface area contributed by atoms with Crippen LogP contribution in [0.15, 0.2) is 28.7 Å². The number of benzene rings is 1. The van der Waals surface area contributed by atoms with Crippen molar-refractivity contribution in [3.05, 3.63) is 34.3 Å². The Morgan fingerprint density at radius 2 is 1.93 bits per heavy atom. The molecule has 1 aliphatic carbocycles. The first kappa shape index (κ1) is 11.2. The Morgan fingerprint density at radius 3 is 2.40 bits per heavy atom. The summed E-state index contributed by atoms with van der Waals surface area (Å²) in [7, 11) is 2.03. The van der Waals surface area contributed by atoms with Gasteiger partial charge in [-0.1, -0.05) is 48.0 Å². The van der Waals surface area contributed by atoms with Crippen molar-refractivity contribution in [1.29, 1.82) is 0 Å². The molecule has 1 nitrogen and oxygen atoms in total. The zero-order valence-corrected chi connectivity index (χ0v) is 11.2. The highest BCUT2D eigenvalue weighted by Gasteiger charge is 2.61. The quantitative estimate of drug-likeness (QED) is 0.886. The number of rotatable bonds is 3. The van der Waals surface area contributed by atoms with E-state index in [0.29, 0.717) is 10.8 Å². The third-order valence-electron chi connectivity index (χ3n) is 3.78. The van der Waals surface area contributed by atoms with Gasteiger partial charge >= 0.3 is 0 Å². The van der Waals surface area contributed by atoms with Crippen molar-refractivity contribution in [3.63, 3.8) is 0 Å². The molecule has 1 fully saturated rings. The molecule has 1 atom stereocenters. The molecule has 0 heterocycles. The average molecular weight is 268 g/mol. The Morgan fingerprint density at radius 1 is 1.33 bits per heavy atom. The van der Waals surface area contributed by atoms with Crippen LogP contribution in [-0.4, -0.2) is 13.6 Å². The third kappa shape index (κ3) is 1.64. The van der Waals surface area contributed by atoms with E-state index in [9.17, 15) is 0 Å². The predicted octanol–water partition coefficient (Wildman–Crippen LogP) is 3.34. The molecule has 0 aromatic heterocycles. The van der Waals surface area contributed by atoms with Gasteiger partial charge in [0.2, 0.25) is 0 Å². The summed E-state index contributed by atoms with van der Waals surface area (Å²) in [5.41, 5.74) is 2.19. The number of halogens is 1. The fourth-order valence-electron chi connectivity index (χ4n) is 2.72. The summed E-state index contributed by atoms with van der Waals surface area (Å²) < 4.78 is 1.24. The standard InChI is InChI=1S/C13H18BrN/c1-12(2)8-13(12,9-15-3)10-6-4-5-7-11(10)14/h4-7,15H,8-9H2,1-3H3. The van der Waals surface area contributed by atoms with E-state index >= 15 is 0 Å². The molecule has 15 heavy (non-hydrogen) atoms. The molecule has 2 rings (SSSR count). The van der Waals surface area contributed by atoms with Gasteiger partial charge in [0.05, 0.1) is 0 Å². The van der Waals surface area contributed by atoms with Crippen molar-refractivity contribution in [1.82, 2.24) is 5.32 Å². The summed E-state index contributed by atoms with van der Waals surface area (Å²) in [6.07, 6.45) is 1.27. The lowest BCUT2D eigenvalue weighted by atomic mass is 9.88. The van der Waals surface area contributed by atoms with Gasteiger partial charge in [0, 0.05) is 16.4 Å². The van der Waals surface area contributed by atoms with E-state index in [1.54, 1.807) is 0 Å². The van der Waals surface area contributed by atoms with E-state index in [1.165, 1.54) is 16.5 Å². The summed E-state index contributed by atoms with van der Waals surface area (Å²) in [5, 5.41) is 3.33. The molecule has 0 saturated heterocycles. The summed E-state index contributed by atoms with van der Waals surface area (Å²) in [6, 6.07) is 8.60. The van der Waals surface area contributed by atoms with Crippen LogP contribution >= 0.6 is 15.9 Å². The monoisotopic (exact) mass is 267 g/mol. The summed E-state index contributed by atoms with van der Waals surface area (Å²) >= 11 is 3.67. The lowest BCUT2D eigenvalue weighted by Crippen LogP contribution is -2.28. The molecule has 1 saturated carbocycles. The molecule has 0 radical (unpaired) electrons. The van der Waals surface area contributed by atoms with Crippen molar-refractivity contribution in [2.45, 2.75) is 25.7 Å². The van der Waals surface area contributed by atoms with Crippen molar-refractivity contribution in [2.75, 3.05) is 13.6 Å². The van der Waals surface area contributed by atoms with Gasteiger partial charge < -0.3 is 5.32 Å². The highest BCUT2D eigenvalue weighted by Crippen LogP contribution is 2.64. The SMILES string of the molecule is CNCC1(c2ccccc2Br)CC1(C)C. The van der Waals surface area contributed by atoms with Crippen LogP contribution in [0.5, 0.6) is 0 Å². The predicted molar refractivity (Wildman–Crippen MR) is 68.1 cm³/mol. The number of nitrogens with one attached hydrogen (secondary N) is 1. The van der Waals surface area contributed by atoms with E-state index in [2.05, 4.69) is 59.4 Å². The van der Waals surface area contributed by atoms with Crippen LogP contribution in [0, 0.1) is 5.41 Å². The van der Waals surface area contributed by atoms with E-state index in [1.807, 2.05) is 7.05 Å². The molecule has 82 valence electrons. The Bertz CT molecular complexity index is 373. The van der Waals surface area contributed by atoms with E-state index in [4.69, 9.17) is 0 Å². The number of hydrogen-bond acceptors (Lipinski definition) is 1. The molecule has 0 spiro atoms. The van der Waals surface area contributed by atoms with Crippen LogP contribution in [0.1, 0.15) is 25.8 Å². The first-order chi connectivity index (χ1) is 7.03. The molecular formula is C13H18BrN. The zero-order valence-electron chi connectivity index (χ0n) is 9.60. The second-order valence-corrected chi connectivity index (χ2v) is 6.01. The van der Waals surface area contributed by atoms with Crippen LogP contribution < -0.4 is 5.32 Å². The van der Waals surface area contributed by atoms with Crippen molar-refractivity contribution in [3.8, 4) is 0 Å². The fraction of sp³-hybridized carbons (Fsp3) is 0.538. The fourth-order valence-corrected chi connectivity index (χ4v) is 3.38. The minimum Gasteiger partial charge on any atom is -0.319 e. The van der Waals surface area contributed by atoms with E-state index in [-0.39, 0.29) is 0 Å². The first-order valence-electron chi connectivity index (χ1n) is 5.43. The maximum Gasteiger partial charge on any atom is 0.0213 e. The van der Waals surface area contributed by atoms with Gasteiger partial charge in [-0.05, 0) is 30.5 Å². The van der Waals surface area contributed by atoms with Gasteiger partial charge in [-0.15, -0.1) is 0 Å². The molecular weight excluding hydrogens is 250 g/mol. The third-order valence-corrected chi connectivity index (χ3v) is 4.47. The van der Waals surface area contributed by atoms with Gasteiger partial charge in [0.1, 0.15) is 0 Å². The summed E-state index contributed by atoms with van der Waals surface area (Å²) in [5.74, 6) is 0. The Labute approximate surface area is 100 Å². The van der Waals surface area contributed by atoms with Gasteiger partial charge in [-0.2, -0.15) is 0 Å². The van der Waals surface area contributed by atoms with E-state index < -0.39 is 0 Å². The van der Waals surface area contributed by atoms with Crippen LogP contribution in [-0.2, 0) is 5.41 Å². The molecule has 2 heteroatoms. The second kappa shape index (κ2) is 3.60. The number of likely N-dealkylation sites (N-methyl/N-ethyl adjacent to an activating group) is 1. The largest absolute Gasteiger partial charge is 0.319 e. The normalized spacial score (nSPS) is 27.7. The van der Waals surface area contributed by atoms with Crippen molar-refractivity contribution >= 4 is 15.9 Å². The average Bonchev–Trinajstić information content (AvgIpc) is 2.70. The molecule has 0 aliphatic heterocycles. The molecule has 1 unspecified atom stereocenters. The Hall–Kier alpha value is -0.340. The van der Waals surface area contributed by atoms with Gasteiger partial charge in [0.15, 0.2) is 0 Å². The molecule has 1 aliphatic rings. The first-order valence-corrected chi connectivity index (χ1v) is 6.22. The van der Waals surface area contributed by atoms with E-state index in [0.717, 1.165) is 6.54 Å². The summed E-state index contributed by atoms with van der Waals surface area (Å²) in [4.78, 5) is 0. The summed E-state index contributed by atoms with van der Waals surface area (Å²) in [6.45, 7) is 5.76. The zero-order chi connectivity index (χ0) is 11.1. The van der Waals surface area contributed by atoms with Crippen molar-refractivity contribution in [2.24, 2.45) is 5.41 Å². The van der Waals surface area contributed by atoms with Crippen molar-refractivity contribution < 1.29 is 0 Å². The Balaban J connectivity index is 2.41. The minimum absolute atomic E-state index is 0.321. The van der Waals surface area contributed by atoms with Crippen LogP contribution in [0.3, 0.4) is 0 Å². The number of hydrogen-bond donors (Lipinski definition) is 1. The lowest BCUT2D eigenvalue weighted by molar-refractivity contribution is 0.475. The minimum atomic E-state index is 0.321. The maximum atomic E-state index is 3.67. The highest BCUT2D eigenvalue weighted by molar-refractivity contribution is 9.10. The van der Waals surface area contributed by atoms with Crippen LogP contribution in [0.25, 0.3) is 0 Å². The lowest BCUT2D eigenvalue weighted by Gasteiger charge is -2.22. The highest BCUT2D eigenvalue weighted by atomic mass is 79.9. The van der Waals surface area contributed by atoms with Crippen LogP contribution in [0.2, 0.25) is 0 Å². The molecule has 1 aromatic carbocycles. The van der Waals surface area contributed by atoms with Crippen LogP contribution in [0.4, 0.5) is 0 Å². The molecule has 1 N–H and O–H groups in total. The molecule has 0 amide bonds. The van der Waals surface area contributed by atoms with Gasteiger partial charge in [-0.3, -0.25) is 0 Å². The topological polar surface area (TPSA) is 12.0 Å². The maximum absolute atomic E-state index is 3.67. The molecule has 1 aromatic rings. The smallest absolute Gasteiger partial charge is 0.0213 e. The van der Waals surface area contributed by atoms with Gasteiger partial charge in [-0.25, -0.2) is 0 Å². The van der Waals surface area contributed by atoms with Gasteiger partial charge in [0.25, 0.3) is 0 Å². The Kier molecular flexibility index (Phi) is 2.68. The second-order valence-electron chi connectivity index (χ2n) is 5.15.